The van der Waals surface area contributed by atoms with Gasteiger partial charge in [0.25, 0.3) is 0 Å². The first-order chi connectivity index (χ1) is 10.9. The lowest BCUT2D eigenvalue weighted by atomic mass is 9.78. The van der Waals surface area contributed by atoms with Crippen molar-refractivity contribution in [1.29, 1.82) is 0 Å². The number of nitrogens with one attached hydrogen (secondary N) is 1. The molecule has 0 spiro atoms. The average Bonchev–Trinajstić information content (AvgIpc) is 2.66. The number of alkyl halides is 3. The van der Waals surface area contributed by atoms with E-state index in [1.165, 1.54) is 12.1 Å². The van der Waals surface area contributed by atoms with Gasteiger partial charge in [0, 0.05) is 0 Å². The number of anilines is 1. The Morgan fingerprint density at radius 3 is 2.21 bits per heavy atom. The summed E-state index contributed by atoms with van der Waals surface area (Å²) in [6, 6.07) is 3.40. The van der Waals surface area contributed by atoms with Crippen molar-refractivity contribution in [2.75, 3.05) is 5.32 Å². The number of hydrogen-bond donors (Lipinski definition) is 1. The van der Waals surface area contributed by atoms with E-state index < -0.39 is 36.0 Å². The van der Waals surface area contributed by atoms with E-state index in [-0.39, 0.29) is 5.69 Å². The Morgan fingerprint density at radius 2 is 1.75 bits per heavy atom. The molecule has 0 atom stereocenters. The molecule has 1 aliphatic heterocycles. The fourth-order valence-electron chi connectivity index (χ4n) is 2.22. The number of benzene rings is 1. The van der Waals surface area contributed by atoms with E-state index in [0.717, 1.165) is 12.1 Å². The maximum atomic E-state index is 13.1. The van der Waals surface area contributed by atoms with Crippen molar-refractivity contribution in [1.82, 2.24) is 0 Å². The maximum absolute atomic E-state index is 13.1. The van der Waals surface area contributed by atoms with Crippen molar-refractivity contribution < 1.29 is 27.3 Å². The molecular weight excluding hydrogens is 322 g/mol. The van der Waals surface area contributed by atoms with Gasteiger partial charge in [-0.1, -0.05) is 12.6 Å². The summed E-state index contributed by atoms with van der Waals surface area (Å²) in [7, 11) is -0.823. The molecule has 1 aromatic rings. The molecular formula is C16H19BF3NO3. The molecule has 0 bridgehead atoms. The smallest absolute Gasteiger partial charge is 0.399 e. The second kappa shape index (κ2) is 5.93. The van der Waals surface area contributed by atoms with E-state index in [0.29, 0.717) is 5.46 Å². The molecule has 4 nitrogen and oxygen atoms in total. The van der Waals surface area contributed by atoms with Crippen molar-refractivity contribution in [3.63, 3.8) is 0 Å². The SMILES string of the molecule is C=CC(=O)Nc1cc(B2OC(C)(C)C(C)(C)O2)ccc1C(F)(F)F. The van der Waals surface area contributed by atoms with Crippen LogP contribution in [0.3, 0.4) is 0 Å². The second-order valence-electron chi connectivity index (χ2n) is 6.58. The standard InChI is InChI=1S/C16H19BF3NO3/c1-6-13(22)21-12-9-10(7-8-11(12)16(18,19)20)17-23-14(2,3)15(4,5)24-17/h6-9H,1H2,2-5H3,(H,21,22). The lowest BCUT2D eigenvalue weighted by Crippen LogP contribution is -2.41. The highest BCUT2D eigenvalue weighted by Crippen LogP contribution is 2.38. The van der Waals surface area contributed by atoms with Gasteiger partial charge in [-0.05, 0) is 51.4 Å². The highest BCUT2D eigenvalue weighted by molar-refractivity contribution is 6.62. The van der Waals surface area contributed by atoms with Crippen LogP contribution in [0.15, 0.2) is 30.9 Å². The van der Waals surface area contributed by atoms with E-state index in [1.807, 2.05) is 27.7 Å². The lowest BCUT2D eigenvalue weighted by Gasteiger charge is -2.32. The second-order valence-corrected chi connectivity index (χ2v) is 6.58. The molecule has 1 N–H and O–H groups in total. The third kappa shape index (κ3) is 3.49. The molecule has 24 heavy (non-hydrogen) atoms. The van der Waals surface area contributed by atoms with Gasteiger partial charge >= 0.3 is 13.3 Å². The monoisotopic (exact) mass is 341 g/mol. The summed E-state index contributed by atoms with van der Waals surface area (Å²) >= 11 is 0. The van der Waals surface area contributed by atoms with Crippen LogP contribution < -0.4 is 10.8 Å². The minimum Gasteiger partial charge on any atom is -0.399 e. The van der Waals surface area contributed by atoms with Gasteiger partial charge in [0.15, 0.2) is 0 Å². The lowest BCUT2D eigenvalue weighted by molar-refractivity contribution is -0.136. The Bertz CT molecular complexity index is 655. The molecule has 1 aliphatic rings. The zero-order valence-corrected chi connectivity index (χ0v) is 14.0. The first-order valence-electron chi connectivity index (χ1n) is 7.37. The van der Waals surface area contributed by atoms with Gasteiger partial charge in [0.2, 0.25) is 5.91 Å². The van der Waals surface area contributed by atoms with Crippen molar-refractivity contribution >= 4 is 24.2 Å². The van der Waals surface area contributed by atoms with Crippen LogP contribution in [-0.2, 0) is 20.3 Å². The summed E-state index contributed by atoms with van der Waals surface area (Å²) < 4.78 is 51.0. The molecule has 0 unspecified atom stereocenters. The summed E-state index contributed by atoms with van der Waals surface area (Å²) in [5, 5.41) is 2.18. The van der Waals surface area contributed by atoms with E-state index in [4.69, 9.17) is 9.31 Å². The molecule has 1 fully saturated rings. The van der Waals surface area contributed by atoms with Crippen LogP contribution in [-0.4, -0.2) is 24.2 Å². The average molecular weight is 341 g/mol. The van der Waals surface area contributed by atoms with E-state index in [1.54, 1.807) is 0 Å². The summed E-state index contributed by atoms with van der Waals surface area (Å²) in [4.78, 5) is 11.4. The van der Waals surface area contributed by atoms with Gasteiger partial charge in [-0.2, -0.15) is 13.2 Å². The van der Waals surface area contributed by atoms with Gasteiger partial charge in [0.1, 0.15) is 0 Å². The highest BCUT2D eigenvalue weighted by Gasteiger charge is 2.52. The Morgan fingerprint density at radius 1 is 1.21 bits per heavy atom. The zero-order valence-electron chi connectivity index (χ0n) is 14.0. The van der Waals surface area contributed by atoms with Crippen LogP contribution in [0, 0.1) is 0 Å². The van der Waals surface area contributed by atoms with Crippen LogP contribution in [0.5, 0.6) is 0 Å². The van der Waals surface area contributed by atoms with Gasteiger partial charge < -0.3 is 14.6 Å². The molecule has 0 saturated carbocycles. The van der Waals surface area contributed by atoms with Crippen molar-refractivity contribution in [2.45, 2.75) is 45.1 Å². The van der Waals surface area contributed by atoms with E-state index in [9.17, 15) is 18.0 Å². The molecule has 1 amide bonds. The molecule has 1 heterocycles. The zero-order chi connectivity index (χ0) is 18.3. The summed E-state index contributed by atoms with van der Waals surface area (Å²) in [5.74, 6) is -0.730. The molecule has 130 valence electrons. The van der Waals surface area contributed by atoms with Crippen LogP contribution in [0.4, 0.5) is 18.9 Å². The molecule has 1 saturated heterocycles. The third-order valence-electron chi connectivity index (χ3n) is 4.32. The fraction of sp³-hybridized carbons (Fsp3) is 0.438. The van der Waals surface area contributed by atoms with Gasteiger partial charge in [-0.3, -0.25) is 4.79 Å². The first kappa shape index (κ1) is 18.5. The van der Waals surface area contributed by atoms with Crippen molar-refractivity contribution in [3.8, 4) is 0 Å². The first-order valence-corrected chi connectivity index (χ1v) is 7.37. The minimum atomic E-state index is -4.60. The van der Waals surface area contributed by atoms with Crippen LogP contribution in [0.1, 0.15) is 33.3 Å². The highest BCUT2D eigenvalue weighted by atomic mass is 19.4. The number of amides is 1. The molecule has 0 aliphatic carbocycles. The normalized spacial score (nSPS) is 19.2. The number of hydrogen-bond acceptors (Lipinski definition) is 3. The predicted octanol–water partition coefficient (Wildman–Crippen LogP) is 3.13. The Kier molecular flexibility index (Phi) is 4.58. The fourth-order valence-corrected chi connectivity index (χ4v) is 2.22. The molecule has 2 rings (SSSR count). The topological polar surface area (TPSA) is 47.6 Å². The Balaban J connectivity index is 2.42. The van der Waals surface area contributed by atoms with E-state index in [2.05, 4.69) is 11.9 Å². The van der Waals surface area contributed by atoms with Crippen molar-refractivity contribution in [2.24, 2.45) is 0 Å². The number of rotatable bonds is 3. The van der Waals surface area contributed by atoms with Crippen molar-refractivity contribution in [3.05, 3.63) is 36.4 Å². The van der Waals surface area contributed by atoms with Gasteiger partial charge in [-0.15, -0.1) is 0 Å². The largest absolute Gasteiger partial charge is 0.494 e. The number of carbonyl (C=O) groups excluding carboxylic acids is 1. The predicted molar refractivity (Wildman–Crippen MR) is 86.0 cm³/mol. The summed E-state index contributed by atoms with van der Waals surface area (Å²) in [6.07, 6.45) is -3.69. The number of carbonyl (C=O) groups is 1. The minimum absolute atomic E-state index is 0.361. The Hall–Kier alpha value is -1.80. The molecule has 8 heteroatoms. The molecule has 1 aromatic carbocycles. The molecule has 0 radical (unpaired) electrons. The van der Waals surface area contributed by atoms with E-state index >= 15 is 0 Å². The van der Waals surface area contributed by atoms with Gasteiger partial charge in [0.05, 0.1) is 22.5 Å². The molecule has 0 aromatic heterocycles. The Labute approximate surface area is 139 Å². The summed E-state index contributed by atoms with van der Waals surface area (Å²) in [5.41, 5.74) is -2.16. The summed E-state index contributed by atoms with van der Waals surface area (Å²) in [6.45, 7) is 10.6. The van der Waals surface area contributed by atoms with Crippen LogP contribution >= 0.6 is 0 Å². The van der Waals surface area contributed by atoms with Crippen LogP contribution in [0.25, 0.3) is 0 Å². The maximum Gasteiger partial charge on any atom is 0.494 e. The third-order valence-corrected chi connectivity index (χ3v) is 4.32. The quantitative estimate of drug-likeness (QED) is 0.679. The van der Waals surface area contributed by atoms with Crippen LogP contribution in [0.2, 0.25) is 0 Å². The van der Waals surface area contributed by atoms with Gasteiger partial charge in [-0.25, -0.2) is 0 Å². The number of halogens is 3.